The van der Waals surface area contributed by atoms with Gasteiger partial charge in [-0.3, -0.25) is 9.59 Å². The number of carbonyl (C=O) groups is 2. The molecule has 0 N–H and O–H groups in total. The molecule has 3 rings (SSSR count). The molecule has 28 heavy (non-hydrogen) atoms. The molecule has 154 valence electrons. The summed E-state index contributed by atoms with van der Waals surface area (Å²) in [6.07, 6.45) is 4.20. The van der Waals surface area contributed by atoms with Crippen molar-refractivity contribution < 1.29 is 14.3 Å². The van der Waals surface area contributed by atoms with E-state index in [1.54, 1.807) is 0 Å². The van der Waals surface area contributed by atoms with Crippen molar-refractivity contribution >= 4 is 11.8 Å². The molecular formula is C23H34N2O3. The highest BCUT2D eigenvalue weighted by Crippen LogP contribution is 2.25. The fourth-order valence-electron chi connectivity index (χ4n) is 4.13. The van der Waals surface area contributed by atoms with Crippen molar-refractivity contribution in [3.8, 4) is 5.75 Å². The first kappa shape index (κ1) is 20.7. The molecule has 1 aromatic rings. The monoisotopic (exact) mass is 386 g/mol. The average molecular weight is 387 g/mol. The van der Waals surface area contributed by atoms with Crippen molar-refractivity contribution in [3.63, 3.8) is 0 Å². The van der Waals surface area contributed by atoms with Gasteiger partial charge in [-0.1, -0.05) is 32.9 Å². The highest BCUT2D eigenvalue weighted by molar-refractivity contribution is 5.97. The van der Waals surface area contributed by atoms with Crippen LogP contribution in [-0.4, -0.2) is 54.4 Å². The molecule has 2 aliphatic heterocycles. The summed E-state index contributed by atoms with van der Waals surface area (Å²) in [6.45, 7) is 9.93. The molecule has 5 nitrogen and oxygen atoms in total. The van der Waals surface area contributed by atoms with Crippen LogP contribution in [0.15, 0.2) is 24.3 Å². The molecule has 0 radical (unpaired) electrons. The maximum absolute atomic E-state index is 13.0. The first-order chi connectivity index (χ1) is 13.5. The zero-order chi connectivity index (χ0) is 20.1. The Balaban J connectivity index is 1.60. The Morgan fingerprint density at radius 3 is 2.50 bits per heavy atom. The number of carbonyl (C=O) groups excluding carboxylic acids is 2. The van der Waals surface area contributed by atoms with Crippen LogP contribution in [-0.2, 0) is 4.79 Å². The summed E-state index contributed by atoms with van der Waals surface area (Å²) in [5, 5.41) is 0. The van der Waals surface area contributed by atoms with E-state index in [1.807, 2.05) is 47.9 Å². The van der Waals surface area contributed by atoms with Crippen LogP contribution in [0.1, 0.15) is 56.8 Å². The molecule has 5 heteroatoms. The van der Waals surface area contributed by atoms with Gasteiger partial charge in [-0.15, -0.1) is 0 Å². The van der Waals surface area contributed by atoms with E-state index in [2.05, 4.69) is 6.92 Å². The molecular weight excluding hydrogens is 352 g/mol. The maximum atomic E-state index is 13.0. The average Bonchev–Trinajstić information content (AvgIpc) is 2.72. The number of benzene rings is 1. The fourth-order valence-corrected chi connectivity index (χ4v) is 4.13. The SMILES string of the molecule is CC1CCN(C(=O)c2ccccc2OCC2CCCN(C(=O)C(C)C)C2)CC1. The van der Waals surface area contributed by atoms with Crippen LogP contribution in [0.2, 0.25) is 0 Å². The van der Waals surface area contributed by atoms with Crippen LogP contribution >= 0.6 is 0 Å². The maximum Gasteiger partial charge on any atom is 0.257 e. The summed E-state index contributed by atoms with van der Waals surface area (Å²) in [4.78, 5) is 29.2. The summed E-state index contributed by atoms with van der Waals surface area (Å²) in [5.41, 5.74) is 0.656. The topological polar surface area (TPSA) is 49.9 Å². The van der Waals surface area contributed by atoms with Crippen LogP contribution in [0.25, 0.3) is 0 Å². The minimum Gasteiger partial charge on any atom is -0.492 e. The normalized spacial score (nSPS) is 21.1. The number of piperidine rings is 2. The summed E-state index contributed by atoms with van der Waals surface area (Å²) < 4.78 is 6.11. The molecule has 0 saturated carbocycles. The smallest absolute Gasteiger partial charge is 0.257 e. The first-order valence-electron chi connectivity index (χ1n) is 10.8. The van der Waals surface area contributed by atoms with Gasteiger partial charge in [0.2, 0.25) is 5.91 Å². The molecule has 1 aromatic carbocycles. The van der Waals surface area contributed by atoms with Gasteiger partial charge in [0.15, 0.2) is 0 Å². The van der Waals surface area contributed by atoms with E-state index < -0.39 is 0 Å². The Kier molecular flexibility index (Phi) is 6.97. The molecule has 2 aliphatic rings. The lowest BCUT2D eigenvalue weighted by Gasteiger charge is -2.34. The predicted molar refractivity (Wildman–Crippen MR) is 110 cm³/mol. The number of amides is 2. The van der Waals surface area contributed by atoms with Gasteiger partial charge in [-0.2, -0.15) is 0 Å². The van der Waals surface area contributed by atoms with Gasteiger partial charge in [0, 0.05) is 38.0 Å². The molecule has 0 spiro atoms. The number of rotatable bonds is 5. The van der Waals surface area contributed by atoms with Crippen LogP contribution in [0, 0.1) is 17.8 Å². The van der Waals surface area contributed by atoms with Crippen molar-refractivity contribution in [2.45, 2.75) is 46.5 Å². The quantitative estimate of drug-likeness (QED) is 0.773. The standard InChI is InChI=1S/C23H34N2O3/c1-17(2)22(26)25-12-6-7-19(15-25)16-28-21-9-5-4-8-20(21)23(27)24-13-10-18(3)11-14-24/h4-5,8-9,17-19H,6-7,10-16H2,1-3H3. The van der Waals surface area contributed by atoms with E-state index >= 15 is 0 Å². The number of ether oxygens (including phenoxy) is 1. The Morgan fingerprint density at radius 2 is 1.79 bits per heavy atom. The third-order valence-electron chi connectivity index (χ3n) is 5.99. The first-order valence-corrected chi connectivity index (χ1v) is 10.8. The largest absolute Gasteiger partial charge is 0.492 e. The van der Waals surface area contributed by atoms with E-state index in [0.717, 1.165) is 51.9 Å². The van der Waals surface area contributed by atoms with Crippen LogP contribution in [0.5, 0.6) is 5.75 Å². The van der Waals surface area contributed by atoms with Crippen molar-refractivity contribution in [1.82, 2.24) is 9.80 Å². The predicted octanol–water partition coefficient (Wildman–Crippen LogP) is 3.83. The molecule has 2 fully saturated rings. The molecule has 2 saturated heterocycles. The zero-order valence-corrected chi connectivity index (χ0v) is 17.5. The van der Waals surface area contributed by atoms with Crippen LogP contribution in [0.3, 0.4) is 0 Å². The summed E-state index contributed by atoms with van der Waals surface area (Å²) in [7, 11) is 0. The van der Waals surface area contributed by atoms with Crippen molar-refractivity contribution in [2.24, 2.45) is 17.8 Å². The van der Waals surface area contributed by atoms with Gasteiger partial charge in [-0.25, -0.2) is 0 Å². The number of hydrogen-bond donors (Lipinski definition) is 0. The second-order valence-corrected chi connectivity index (χ2v) is 8.73. The van der Waals surface area contributed by atoms with E-state index in [9.17, 15) is 9.59 Å². The molecule has 1 atom stereocenters. The summed E-state index contributed by atoms with van der Waals surface area (Å²) in [5.74, 6) is 2.00. The molecule has 1 unspecified atom stereocenters. The lowest BCUT2D eigenvalue weighted by molar-refractivity contribution is -0.136. The Hall–Kier alpha value is -2.04. The molecule has 0 bridgehead atoms. The minimum atomic E-state index is 0.0327. The second kappa shape index (κ2) is 9.44. The van der Waals surface area contributed by atoms with Gasteiger partial charge in [-0.05, 0) is 43.7 Å². The zero-order valence-electron chi connectivity index (χ0n) is 17.5. The second-order valence-electron chi connectivity index (χ2n) is 8.73. The third kappa shape index (κ3) is 5.06. The number of nitrogens with zero attached hydrogens (tertiary/aromatic N) is 2. The van der Waals surface area contributed by atoms with Gasteiger partial charge in [0.25, 0.3) is 5.91 Å². The number of hydrogen-bond acceptors (Lipinski definition) is 3. The van der Waals surface area contributed by atoms with Gasteiger partial charge in [0.05, 0.1) is 12.2 Å². The lowest BCUT2D eigenvalue weighted by atomic mass is 9.97. The molecule has 0 aromatic heterocycles. The Labute approximate surface area is 169 Å². The van der Waals surface area contributed by atoms with Gasteiger partial charge in [0.1, 0.15) is 5.75 Å². The highest BCUT2D eigenvalue weighted by atomic mass is 16.5. The molecule has 2 heterocycles. The van der Waals surface area contributed by atoms with Gasteiger partial charge >= 0.3 is 0 Å². The van der Waals surface area contributed by atoms with E-state index in [-0.39, 0.29) is 17.7 Å². The Bertz CT molecular complexity index is 680. The van der Waals surface area contributed by atoms with E-state index in [0.29, 0.717) is 29.8 Å². The van der Waals surface area contributed by atoms with Crippen molar-refractivity contribution in [2.75, 3.05) is 32.8 Å². The molecule has 0 aliphatic carbocycles. The summed E-state index contributed by atoms with van der Waals surface area (Å²) in [6, 6.07) is 7.57. The van der Waals surface area contributed by atoms with Crippen LogP contribution < -0.4 is 4.74 Å². The minimum absolute atomic E-state index is 0.0327. The number of para-hydroxylation sites is 1. The molecule has 2 amide bonds. The number of likely N-dealkylation sites (tertiary alicyclic amines) is 2. The van der Waals surface area contributed by atoms with Crippen molar-refractivity contribution in [3.05, 3.63) is 29.8 Å². The third-order valence-corrected chi connectivity index (χ3v) is 5.99. The fraction of sp³-hybridized carbons (Fsp3) is 0.652. The Morgan fingerprint density at radius 1 is 1.07 bits per heavy atom. The van der Waals surface area contributed by atoms with Crippen LogP contribution in [0.4, 0.5) is 0 Å². The summed E-state index contributed by atoms with van der Waals surface area (Å²) >= 11 is 0. The lowest BCUT2D eigenvalue weighted by Crippen LogP contribution is -2.43. The highest BCUT2D eigenvalue weighted by Gasteiger charge is 2.27. The van der Waals surface area contributed by atoms with E-state index in [4.69, 9.17) is 4.74 Å². The van der Waals surface area contributed by atoms with Crippen molar-refractivity contribution in [1.29, 1.82) is 0 Å². The van der Waals surface area contributed by atoms with Gasteiger partial charge < -0.3 is 14.5 Å². The van der Waals surface area contributed by atoms with E-state index in [1.165, 1.54) is 0 Å².